The lowest BCUT2D eigenvalue weighted by atomic mass is 10.3. The first-order valence-electron chi connectivity index (χ1n) is 5.90. The van der Waals surface area contributed by atoms with Crippen molar-refractivity contribution in [1.82, 2.24) is 19.3 Å². The summed E-state index contributed by atoms with van der Waals surface area (Å²) in [6, 6.07) is 10.2. The van der Waals surface area contributed by atoms with Crippen LogP contribution in [0.5, 0.6) is 0 Å². The monoisotopic (exact) mass is 258 g/mol. The van der Waals surface area contributed by atoms with Gasteiger partial charge in [-0.25, -0.2) is 0 Å². The number of nitrogens with zero attached hydrogens (tertiary/aromatic N) is 3. The maximum absolute atomic E-state index is 5.36. The highest BCUT2D eigenvalue weighted by Gasteiger charge is 2.04. The normalized spacial score (nSPS) is 11.2. The maximum atomic E-state index is 5.36. The molecule has 0 spiro atoms. The van der Waals surface area contributed by atoms with Crippen LogP contribution in [0, 0.1) is 4.77 Å². The lowest BCUT2D eigenvalue weighted by Gasteiger charge is -2.02. The van der Waals surface area contributed by atoms with Crippen molar-refractivity contribution in [3.63, 3.8) is 0 Å². The van der Waals surface area contributed by atoms with E-state index >= 15 is 0 Å². The van der Waals surface area contributed by atoms with Gasteiger partial charge in [-0.1, -0.05) is 12.1 Å². The minimum absolute atomic E-state index is 0.770. The third-order valence-corrected chi connectivity index (χ3v) is 3.36. The second-order valence-corrected chi connectivity index (χ2v) is 4.72. The van der Waals surface area contributed by atoms with Crippen molar-refractivity contribution in [2.75, 3.05) is 0 Å². The molecule has 3 rings (SSSR count). The van der Waals surface area contributed by atoms with E-state index in [1.165, 1.54) is 0 Å². The van der Waals surface area contributed by atoms with Crippen LogP contribution in [-0.2, 0) is 20.0 Å². The van der Waals surface area contributed by atoms with E-state index in [1.807, 2.05) is 42.2 Å². The molecule has 0 aliphatic rings. The number of fused-ring (bicyclic) bond motifs is 1. The topological polar surface area (TPSA) is 38.5 Å². The van der Waals surface area contributed by atoms with Crippen LogP contribution in [0.2, 0.25) is 0 Å². The van der Waals surface area contributed by atoms with Gasteiger partial charge in [0.15, 0.2) is 4.77 Å². The predicted octanol–water partition coefficient (Wildman–Crippen LogP) is 2.68. The van der Waals surface area contributed by atoms with Crippen molar-refractivity contribution >= 4 is 23.3 Å². The van der Waals surface area contributed by atoms with Crippen molar-refractivity contribution in [1.29, 1.82) is 0 Å². The molecule has 3 aromatic rings. The van der Waals surface area contributed by atoms with Crippen LogP contribution in [0.3, 0.4) is 0 Å². The lowest BCUT2D eigenvalue weighted by molar-refractivity contribution is 0.671. The van der Waals surface area contributed by atoms with Gasteiger partial charge < -0.3 is 9.55 Å². The maximum Gasteiger partial charge on any atom is 0.178 e. The van der Waals surface area contributed by atoms with E-state index in [1.54, 1.807) is 0 Å². The van der Waals surface area contributed by atoms with Crippen molar-refractivity contribution < 1.29 is 0 Å². The van der Waals surface area contributed by atoms with E-state index < -0.39 is 0 Å². The number of hydrogen-bond donors (Lipinski definition) is 1. The summed E-state index contributed by atoms with van der Waals surface area (Å²) in [5, 5.41) is 4.38. The Morgan fingerprint density at radius 2 is 2.11 bits per heavy atom. The highest BCUT2D eigenvalue weighted by Crippen LogP contribution is 2.14. The summed E-state index contributed by atoms with van der Waals surface area (Å²) >= 11 is 5.36. The van der Waals surface area contributed by atoms with E-state index in [2.05, 4.69) is 20.7 Å². The molecule has 0 amide bonds. The summed E-state index contributed by atoms with van der Waals surface area (Å²) in [5.41, 5.74) is 3.33. The second kappa shape index (κ2) is 4.42. The average molecular weight is 258 g/mol. The van der Waals surface area contributed by atoms with Gasteiger partial charge in [0.05, 0.1) is 16.7 Å². The van der Waals surface area contributed by atoms with Crippen LogP contribution in [0.15, 0.2) is 36.5 Å². The van der Waals surface area contributed by atoms with Gasteiger partial charge in [0.1, 0.15) is 0 Å². The highest BCUT2D eigenvalue weighted by atomic mass is 32.1. The van der Waals surface area contributed by atoms with Crippen molar-refractivity contribution in [2.24, 2.45) is 7.05 Å². The molecule has 92 valence electrons. The van der Waals surface area contributed by atoms with E-state index in [9.17, 15) is 0 Å². The largest absolute Gasteiger partial charge is 0.331 e. The number of aromatic amines is 1. The molecule has 2 aromatic heterocycles. The number of benzene rings is 1. The molecule has 4 nitrogen and oxygen atoms in total. The standard InChI is InChI=1S/C13H14N4S/c1-16-8-6-10(15-16)7-9-17-12-5-3-2-4-11(12)14-13(17)18/h2-6,8H,7,9H2,1H3,(H,14,18). The van der Waals surface area contributed by atoms with Crippen molar-refractivity contribution in [2.45, 2.75) is 13.0 Å². The Labute approximate surface area is 110 Å². The van der Waals surface area contributed by atoms with Crippen LogP contribution >= 0.6 is 12.2 Å². The first-order valence-corrected chi connectivity index (χ1v) is 6.31. The zero-order valence-electron chi connectivity index (χ0n) is 10.1. The molecule has 0 aliphatic heterocycles. The molecule has 1 aromatic carbocycles. The van der Waals surface area contributed by atoms with Gasteiger partial charge in [-0.05, 0) is 30.4 Å². The molecule has 18 heavy (non-hydrogen) atoms. The number of imidazole rings is 1. The van der Waals surface area contributed by atoms with Crippen molar-refractivity contribution in [3.8, 4) is 0 Å². The van der Waals surface area contributed by atoms with E-state index in [0.717, 1.165) is 34.5 Å². The number of aromatic nitrogens is 4. The van der Waals surface area contributed by atoms with Gasteiger partial charge in [-0.2, -0.15) is 5.10 Å². The Kier molecular flexibility index (Phi) is 2.76. The Morgan fingerprint density at radius 3 is 2.89 bits per heavy atom. The van der Waals surface area contributed by atoms with Crippen molar-refractivity contribution in [3.05, 3.63) is 47.0 Å². The number of aryl methyl sites for hydroxylation is 3. The van der Waals surface area contributed by atoms with Gasteiger partial charge in [0.2, 0.25) is 0 Å². The van der Waals surface area contributed by atoms with Gasteiger partial charge >= 0.3 is 0 Å². The minimum atomic E-state index is 0.770. The quantitative estimate of drug-likeness (QED) is 0.734. The zero-order chi connectivity index (χ0) is 12.5. The number of hydrogen-bond acceptors (Lipinski definition) is 2. The predicted molar refractivity (Wildman–Crippen MR) is 74.0 cm³/mol. The first-order chi connectivity index (χ1) is 8.74. The van der Waals surface area contributed by atoms with Gasteiger partial charge in [-0.15, -0.1) is 0 Å². The molecular weight excluding hydrogens is 244 g/mol. The molecule has 0 aliphatic carbocycles. The molecule has 1 N–H and O–H groups in total. The van der Waals surface area contributed by atoms with E-state index in [-0.39, 0.29) is 0 Å². The molecule has 0 saturated heterocycles. The fraction of sp³-hybridized carbons (Fsp3) is 0.231. The Balaban J connectivity index is 1.90. The van der Waals surface area contributed by atoms with Gasteiger partial charge in [-0.3, -0.25) is 4.68 Å². The molecule has 0 radical (unpaired) electrons. The third-order valence-electron chi connectivity index (χ3n) is 3.04. The number of nitrogens with one attached hydrogen (secondary N) is 1. The van der Waals surface area contributed by atoms with E-state index in [4.69, 9.17) is 12.2 Å². The lowest BCUT2D eigenvalue weighted by Crippen LogP contribution is -2.02. The summed E-state index contributed by atoms with van der Waals surface area (Å²) in [7, 11) is 1.93. The summed E-state index contributed by atoms with van der Waals surface area (Å²) in [4.78, 5) is 3.22. The fourth-order valence-corrected chi connectivity index (χ4v) is 2.45. The van der Waals surface area contributed by atoms with Crippen LogP contribution in [-0.4, -0.2) is 19.3 Å². The SMILES string of the molecule is Cn1ccc(CCn2c(=S)[nH]c3ccccc32)n1. The molecule has 2 heterocycles. The summed E-state index contributed by atoms with van der Waals surface area (Å²) in [6.45, 7) is 0.847. The highest BCUT2D eigenvalue weighted by molar-refractivity contribution is 7.71. The molecule has 0 saturated carbocycles. The van der Waals surface area contributed by atoms with Crippen LogP contribution in [0.4, 0.5) is 0 Å². The molecular formula is C13H14N4S. The van der Waals surface area contributed by atoms with Crippen LogP contribution < -0.4 is 0 Å². The summed E-state index contributed by atoms with van der Waals surface area (Å²) in [5.74, 6) is 0. The van der Waals surface area contributed by atoms with E-state index in [0.29, 0.717) is 0 Å². The second-order valence-electron chi connectivity index (χ2n) is 4.33. The fourth-order valence-electron chi connectivity index (χ4n) is 2.15. The van der Waals surface area contributed by atoms with Gasteiger partial charge in [0.25, 0.3) is 0 Å². The number of rotatable bonds is 3. The third kappa shape index (κ3) is 1.97. The summed E-state index contributed by atoms with van der Waals surface area (Å²) < 4.78 is 4.72. The van der Waals surface area contributed by atoms with Crippen LogP contribution in [0.1, 0.15) is 5.69 Å². The first kappa shape index (κ1) is 11.2. The zero-order valence-corrected chi connectivity index (χ0v) is 10.9. The molecule has 0 fully saturated rings. The summed E-state index contributed by atoms with van der Waals surface area (Å²) in [6.07, 6.45) is 2.85. The molecule has 5 heteroatoms. The molecule has 0 unspecified atom stereocenters. The van der Waals surface area contributed by atoms with Gasteiger partial charge in [0, 0.05) is 26.2 Å². The molecule has 0 bridgehead atoms. The van der Waals surface area contributed by atoms with Crippen LogP contribution in [0.25, 0.3) is 11.0 Å². The minimum Gasteiger partial charge on any atom is -0.331 e. The Bertz CT molecular complexity index is 735. The number of H-pyrrole nitrogens is 1. The number of para-hydroxylation sites is 2. The Hall–Kier alpha value is -1.88. The smallest absolute Gasteiger partial charge is 0.178 e. The average Bonchev–Trinajstić information content (AvgIpc) is 2.90. The Morgan fingerprint density at radius 1 is 1.28 bits per heavy atom. The molecule has 0 atom stereocenters.